The van der Waals surface area contributed by atoms with Crippen LogP contribution >= 0.6 is 0 Å². The zero-order valence-corrected chi connectivity index (χ0v) is 10.9. The molecule has 0 radical (unpaired) electrons. The van der Waals surface area contributed by atoms with Crippen LogP contribution in [0.5, 0.6) is 0 Å². The van der Waals surface area contributed by atoms with Gasteiger partial charge in [0.2, 0.25) is 5.91 Å². The summed E-state index contributed by atoms with van der Waals surface area (Å²) in [7, 11) is 0. The van der Waals surface area contributed by atoms with E-state index in [0.29, 0.717) is 13.2 Å². The highest BCUT2D eigenvalue weighted by molar-refractivity contribution is 5.94. The van der Waals surface area contributed by atoms with Gasteiger partial charge in [-0.15, -0.1) is 0 Å². The Morgan fingerprint density at radius 1 is 1.39 bits per heavy atom. The molecule has 1 saturated heterocycles. The van der Waals surface area contributed by atoms with E-state index in [4.69, 9.17) is 4.74 Å². The molecule has 4 heteroatoms. The lowest BCUT2D eigenvalue weighted by Crippen LogP contribution is -2.41. The molecule has 0 aliphatic carbocycles. The van der Waals surface area contributed by atoms with Gasteiger partial charge in [-0.2, -0.15) is 0 Å². The van der Waals surface area contributed by atoms with Crippen molar-refractivity contribution in [2.45, 2.75) is 19.9 Å². The van der Waals surface area contributed by atoms with E-state index in [1.165, 1.54) is 0 Å². The molecule has 2 N–H and O–H groups in total. The Balaban J connectivity index is 2.01. The largest absolute Gasteiger partial charge is 0.379 e. The number of carbonyl (C=O) groups is 1. The second-order valence-electron chi connectivity index (χ2n) is 4.61. The van der Waals surface area contributed by atoms with E-state index < -0.39 is 0 Å². The smallest absolute Gasteiger partial charge is 0.231 e. The number of likely N-dealkylation sites (N-methyl/N-ethyl adjacent to an activating group) is 1. The first-order valence-electron chi connectivity index (χ1n) is 6.40. The third kappa shape index (κ3) is 2.89. The van der Waals surface area contributed by atoms with Gasteiger partial charge in [-0.05, 0) is 25.1 Å². The highest BCUT2D eigenvalue weighted by Crippen LogP contribution is 2.19. The Bertz CT molecular complexity index is 420. The van der Waals surface area contributed by atoms with E-state index in [1.807, 2.05) is 38.1 Å². The SMILES string of the molecule is CCNC1COCC1C(=O)Nc1ccccc1C. The van der Waals surface area contributed by atoms with Gasteiger partial charge in [-0.25, -0.2) is 0 Å². The maximum Gasteiger partial charge on any atom is 0.231 e. The quantitative estimate of drug-likeness (QED) is 0.850. The predicted molar refractivity (Wildman–Crippen MR) is 71.6 cm³/mol. The van der Waals surface area contributed by atoms with Crippen LogP contribution in [0.1, 0.15) is 12.5 Å². The number of nitrogens with one attached hydrogen (secondary N) is 2. The van der Waals surface area contributed by atoms with Gasteiger partial charge in [0.15, 0.2) is 0 Å². The van der Waals surface area contributed by atoms with Gasteiger partial charge in [0, 0.05) is 11.7 Å². The molecule has 2 unspecified atom stereocenters. The molecule has 4 nitrogen and oxygen atoms in total. The zero-order chi connectivity index (χ0) is 13.0. The van der Waals surface area contributed by atoms with Crippen molar-refractivity contribution in [2.75, 3.05) is 25.1 Å². The van der Waals surface area contributed by atoms with Gasteiger partial charge in [-0.1, -0.05) is 25.1 Å². The number of amides is 1. The van der Waals surface area contributed by atoms with E-state index in [-0.39, 0.29) is 17.9 Å². The molecule has 98 valence electrons. The van der Waals surface area contributed by atoms with E-state index in [2.05, 4.69) is 10.6 Å². The van der Waals surface area contributed by atoms with Crippen molar-refractivity contribution in [1.29, 1.82) is 0 Å². The minimum atomic E-state index is -0.107. The van der Waals surface area contributed by atoms with Crippen molar-refractivity contribution in [3.8, 4) is 0 Å². The minimum Gasteiger partial charge on any atom is -0.379 e. The van der Waals surface area contributed by atoms with E-state index in [1.54, 1.807) is 0 Å². The number of carbonyl (C=O) groups excluding carboxylic acids is 1. The van der Waals surface area contributed by atoms with Crippen LogP contribution in [-0.4, -0.2) is 31.7 Å². The van der Waals surface area contributed by atoms with Gasteiger partial charge >= 0.3 is 0 Å². The zero-order valence-electron chi connectivity index (χ0n) is 10.9. The molecule has 1 heterocycles. The number of ether oxygens (including phenoxy) is 1. The Kier molecular flexibility index (Phi) is 4.33. The number of rotatable bonds is 4. The summed E-state index contributed by atoms with van der Waals surface area (Å²) in [5.41, 5.74) is 1.95. The van der Waals surface area contributed by atoms with Crippen LogP contribution in [-0.2, 0) is 9.53 Å². The second kappa shape index (κ2) is 5.98. The molecule has 1 amide bonds. The van der Waals surface area contributed by atoms with Crippen LogP contribution in [0, 0.1) is 12.8 Å². The van der Waals surface area contributed by atoms with E-state index in [0.717, 1.165) is 17.8 Å². The Hall–Kier alpha value is -1.39. The highest BCUT2D eigenvalue weighted by Gasteiger charge is 2.33. The Morgan fingerprint density at radius 2 is 2.17 bits per heavy atom. The Morgan fingerprint density at radius 3 is 2.89 bits per heavy atom. The van der Waals surface area contributed by atoms with Crippen LogP contribution in [0.2, 0.25) is 0 Å². The normalized spacial score (nSPS) is 23.0. The number of benzene rings is 1. The van der Waals surface area contributed by atoms with Crippen LogP contribution in [0.15, 0.2) is 24.3 Å². The molecule has 1 aromatic rings. The fraction of sp³-hybridized carbons (Fsp3) is 0.500. The lowest BCUT2D eigenvalue weighted by Gasteiger charge is -2.18. The average Bonchev–Trinajstić information content (AvgIpc) is 2.81. The molecule has 18 heavy (non-hydrogen) atoms. The van der Waals surface area contributed by atoms with E-state index >= 15 is 0 Å². The van der Waals surface area contributed by atoms with Crippen LogP contribution in [0.25, 0.3) is 0 Å². The summed E-state index contributed by atoms with van der Waals surface area (Å²) in [6.07, 6.45) is 0. The third-order valence-corrected chi connectivity index (χ3v) is 3.29. The molecular weight excluding hydrogens is 228 g/mol. The van der Waals surface area contributed by atoms with Crippen LogP contribution in [0.3, 0.4) is 0 Å². The lowest BCUT2D eigenvalue weighted by molar-refractivity contribution is -0.120. The summed E-state index contributed by atoms with van der Waals surface area (Å²) in [5, 5.41) is 6.27. The topological polar surface area (TPSA) is 50.4 Å². The molecule has 2 rings (SSSR count). The van der Waals surface area contributed by atoms with Gasteiger partial charge in [0.25, 0.3) is 0 Å². The molecule has 1 fully saturated rings. The predicted octanol–water partition coefficient (Wildman–Crippen LogP) is 1.56. The number of anilines is 1. The molecular formula is C14H20N2O2. The maximum absolute atomic E-state index is 12.2. The molecule has 2 atom stereocenters. The molecule has 1 aromatic carbocycles. The summed E-state index contributed by atoms with van der Waals surface area (Å²) in [4.78, 5) is 12.2. The van der Waals surface area contributed by atoms with Crippen molar-refractivity contribution < 1.29 is 9.53 Å². The fourth-order valence-electron chi connectivity index (χ4n) is 2.21. The first-order valence-corrected chi connectivity index (χ1v) is 6.40. The Labute approximate surface area is 108 Å². The first kappa shape index (κ1) is 13.1. The summed E-state index contributed by atoms with van der Waals surface area (Å²) in [6, 6.07) is 7.92. The molecule has 0 bridgehead atoms. The third-order valence-electron chi connectivity index (χ3n) is 3.29. The molecule has 0 aromatic heterocycles. The maximum atomic E-state index is 12.2. The molecule has 0 saturated carbocycles. The summed E-state index contributed by atoms with van der Waals surface area (Å²) >= 11 is 0. The van der Waals surface area contributed by atoms with Crippen molar-refractivity contribution in [2.24, 2.45) is 5.92 Å². The highest BCUT2D eigenvalue weighted by atomic mass is 16.5. The van der Waals surface area contributed by atoms with Gasteiger partial charge in [-0.3, -0.25) is 4.79 Å². The number of hydrogen-bond acceptors (Lipinski definition) is 3. The van der Waals surface area contributed by atoms with Crippen LogP contribution in [0.4, 0.5) is 5.69 Å². The lowest BCUT2D eigenvalue weighted by atomic mass is 10.0. The first-order chi connectivity index (χ1) is 8.72. The molecule has 1 aliphatic heterocycles. The summed E-state index contributed by atoms with van der Waals surface area (Å²) < 4.78 is 5.39. The van der Waals surface area contributed by atoms with E-state index in [9.17, 15) is 4.79 Å². The minimum absolute atomic E-state index is 0.0350. The number of aryl methyl sites for hydroxylation is 1. The number of hydrogen-bond donors (Lipinski definition) is 2. The molecule has 1 aliphatic rings. The second-order valence-corrected chi connectivity index (χ2v) is 4.61. The van der Waals surface area contributed by atoms with Gasteiger partial charge in [0.05, 0.1) is 19.1 Å². The van der Waals surface area contributed by atoms with Crippen molar-refractivity contribution >= 4 is 11.6 Å². The molecule has 0 spiro atoms. The standard InChI is InChI=1S/C14H20N2O2/c1-3-15-13-9-18-8-11(13)14(17)16-12-7-5-4-6-10(12)2/h4-7,11,13,15H,3,8-9H2,1-2H3,(H,16,17). The monoisotopic (exact) mass is 248 g/mol. The fourth-order valence-corrected chi connectivity index (χ4v) is 2.21. The van der Waals surface area contributed by atoms with Crippen molar-refractivity contribution in [1.82, 2.24) is 5.32 Å². The van der Waals surface area contributed by atoms with Gasteiger partial charge < -0.3 is 15.4 Å². The van der Waals surface area contributed by atoms with Crippen LogP contribution < -0.4 is 10.6 Å². The summed E-state index contributed by atoms with van der Waals surface area (Å²) in [6.45, 7) is 5.98. The number of para-hydroxylation sites is 1. The average molecular weight is 248 g/mol. The summed E-state index contributed by atoms with van der Waals surface area (Å²) in [5.74, 6) is -0.0719. The van der Waals surface area contributed by atoms with Gasteiger partial charge in [0.1, 0.15) is 0 Å². The van der Waals surface area contributed by atoms with Crippen molar-refractivity contribution in [3.05, 3.63) is 29.8 Å². The van der Waals surface area contributed by atoms with Crippen molar-refractivity contribution in [3.63, 3.8) is 0 Å².